The standard InChI is InChI=1S/C28H35F3N4/c1-34-15-13-23(14-16-34)33-25-7-4-8-26-24(25)17-27(35(26)19-28(29,30)31)21-11-9-20(10-12-21)18-32-22-5-2-3-6-22/h4,7-12,17,22-23,32-33H,2-3,5-6,13-16,18-19H2,1H3. The lowest BCUT2D eigenvalue weighted by atomic mass is 10.0. The lowest BCUT2D eigenvalue weighted by molar-refractivity contribution is -0.139. The van der Waals surface area contributed by atoms with E-state index < -0.39 is 12.7 Å². The van der Waals surface area contributed by atoms with Crippen LogP contribution in [0.25, 0.3) is 22.2 Å². The molecular weight excluding hydrogens is 449 g/mol. The van der Waals surface area contributed by atoms with Gasteiger partial charge < -0.3 is 20.1 Å². The molecule has 0 bridgehead atoms. The lowest BCUT2D eigenvalue weighted by Crippen LogP contribution is -2.36. The summed E-state index contributed by atoms with van der Waals surface area (Å²) in [4.78, 5) is 2.31. The van der Waals surface area contributed by atoms with E-state index in [0.29, 0.717) is 23.3 Å². The summed E-state index contributed by atoms with van der Waals surface area (Å²) in [5.74, 6) is 0. The molecular formula is C28H35F3N4. The molecule has 4 nitrogen and oxygen atoms in total. The molecule has 2 N–H and O–H groups in total. The Morgan fingerprint density at radius 3 is 2.31 bits per heavy atom. The first-order valence-electron chi connectivity index (χ1n) is 12.8. The number of nitrogens with zero attached hydrogens (tertiary/aromatic N) is 2. The van der Waals surface area contributed by atoms with Crippen LogP contribution in [0.2, 0.25) is 0 Å². The first-order valence-corrected chi connectivity index (χ1v) is 12.8. The zero-order valence-electron chi connectivity index (χ0n) is 20.4. The van der Waals surface area contributed by atoms with E-state index in [-0.39, 0.29) is 0 Å². The number of aromatic nitrogens is 1. The molecule has 1 aliphatic carbocycles. The van der Waals surface area contributed by atoms with Gasteiger partial charge in [-0.3, -0.25) is 0 Å². The van der Waals surface area contributed by atoms with Crippen molar-refractivity contribution in [3.05, 3.63) is 54.1 Å². The Morgan fingerprint density at radius 2 is 1.63 bits per heavy atom. The highest BCUT2D eigenvalue weighted by atomic mass is 19.4. The van der Waals surface area contributed by atoms with E-state index in [1.54, 1.807) is 6.07 Å². The average molecular weight is 485 g/mol. The largest absolute Gasteiger partial charge is 0.406 e. The monoisotopic (exact) mass is 484 g/mol. The van der Waals surface area contributed by atoms with Crippen molar-refractivity contribution in [2.24, 2.45) is 0 Å². The number of fused-ring (bicyclic) bond motifs is 1. The summed E-state index contributed by atoms with van der Waals surface area (Å²) in [6.07, 6.45) is 2.78. The van der Waals surface area contributed by atoms with Crippen LogP contribution in [-0.2, 0) is 13.1 Å². The summed E-state index contributed by atoms with van der Waals surface area (Å²) < 4.78 is 42.3. The molecule has 0 spiro atoms. The number of alkyl halides is 3. The van der Waals surface area contributed by atoms with Gasteiger partial charge in [0.1, 0.15) is 6.54 Å². The number of hydrogen-bond donors (Lipinski definition) is 2. The van der Waals surface area contributed by atoms with Crippen LogP contribution in [0.5, 0.6) is 0 Å². The first kappa shape index (κ1) is 24.2. The Balaban J connectivity index is 1.43. The third-order valence-corrected chi connectivity index (χ3v) is 7.56. The molecule has 2 aliphatic rings. The van der Waals surface area contributed by atoms with Crippen LogP contribution in [0, 0.1) is 0 Å². The third kappa shape index (κ3) is 5.84. The molecule has 1 saturated carbocycles. The van der Waals surface area contributed by atoms with Gasteiger partial charge in [-0.1, -0.05) is 43.2 Å². The maximum absolute atomic E-state index is 13.6. The highest BCUT2D eigenvalue weighted by molar-refractivity contribution is 5.96. The van der Waals surface area contributed by atoms with E-state index in [9.17, 15) is 13.2 Å². The van der Waals surface area contributed by atoms with Crippen LogP contribution in [0.15, 0.2) is 48.5 Å². The fourth-order valence-corrected chi connectivity index (χ4v) is 5.56. The highest BCUT2D eigenvalue weighted by Crippen LogP contribution is 2.36. The minimum absolute atomic E-state index is 0.331. The van der Waals surface area contributed by atoms with Gasteiger partial charge in [0.25, 0.3) is 0 Å². The maximum atomic E-state index is 13.6. The number of rotatable bonds is 7. The van der Waals surface area contributed by atoms with Gasteiger partial charge in [-0.15, -0.1) is 0 Å². The van der Waals surface area contributed by atoms with Crippen molar-refractivity contribution in [3.8, 4) is 11.3 Å². The lowest BCUT2D eigenvalue weighted by Gasteiger charge is -2.30. The molecule has 35 heavy (non-hydrogen) atoms. The zero-order valence-corrected chi connectivity index (χ0v) is 20.4. The van der Waals surface area contributed by atoms with Crippen LogP contribution in [0.1, 0.15) is 44.1 Å². The predicted octanol–water partition coefficient (Wildman–Crippen LogP) is 6.41. The van der Waals surface area contributed by atoms with E-state index in [2.05, 4.69) is 22.6 Å². The highest BCUT2D eigenvalue weighted by Gasteiger charge is 2.30. The number of hydrogen-bond acceptors (Lipinski definition) is 3. The van der Waals surface area contributed by atoms with Crippen LogP contribution in [0.3, 0.4) is 0 Å². The van der Waals surface area contributed by atoms with Crippen molar-refractivity contribution >= 4 is 16.6 Å². The number of nitrogens with one attached hydrogen (secondary N) is 2. The Morgan fingerprint density at radius 1 is 0.914 bits per heavy atom. The molecule has 0 radical (unpaired) electrons. The molecule has 5 rings (SSSR count). The van der Waals surface area contributed by atoms with Gasteiger partial charge in [-0.05, 0) is 75.1 Å². The molecule has 7 heteroatoms. The molecule has 1 aromatic heterocycles. The van der Waals surface area contributed by atoms with Crippen molar-refractivity contribution in [1.29, 1.82) is 0 Å². The summed E-state index contributed by atoms with van der Waals surface area (Å²) in [5, 5.41) is 8.07. The van der Waals surface area contributed by atoms with E-state index in [0.717, 1.165) is 54.7 Å². The number of anilines is 1. The number of piperidine rings is 1. The zero-order chi connectivity index (χ0) is 24.4. The van der Waals surface area contributed by atoms with Gasteiger partial charge >= 0.3 is 6.18 Å². The Hall–Kier alpha value is -2.51. The minimum atomic E-state index is -4.30. The molecule has 2 aromatic carbocycles. The Bertz CT molecular complexity index is 1120. The second kappa shape index (κ2) is 10.2. The Kier molecular flexibility index (Phi) is 7.07. The van der Waals surface area contributed by atoms with Crippen molar-refractivity contribution in [1.82, 2.24) is 14.8 Å². The van der Waals surface area contributed by atoms with E-state index in [1.807, 2.05) is 42.5 Å². The number of likely N-dealkylation sites (tertiary alicyclic amines) is 1. The van der Waals surface area contributed by atoms with Crippen LogP contribution < -0.4 is 10.6 Å². The molecule has 2 heterocycles. The average Bonchev–Trinajstić information content (AvgIpc) is 3.48. The molecule has 0 amide bonds. The molecule has 0 atom stereocenters. The molecule has 188 valence electrons. The van der Waals surface area contributed by atoms with Crippen molar-refractivity contribution in [2.45, 2.75) is 69.9 Å². The van der Waals surface area contributed by atoms with E-state index >= 15 is 0 Å². The SMILES string of the molecule is CN1CCC(Nc2cccc3c2cc(-c2ccc(CNC4CCCC4)cc2)n3CC(F)(F)F)CC1. The second-order valence-electron chi connectivity index (χ2n) is 10.3. The van der Waals surface area contributed by atoms with Gasteiger partial charge in [0.05, 0.1) is 5.52 Å². The molecule has 1 saturated heterocycles. The Labute approximate surface area is 205 Å². The summed E-state index contributed by atoms with van der Waals surface area (Å²) in [7, 11) is 2.12. The summed E-state index contributed by atoms with van der Waals surface area (Å²) in [6.45, 7) is 1.83. The smallest absolute Gasteiger partial charge is 0.382 e. The van der Waals surface area contributed by atoms with Gasteiger partial charge in [0, 0.05) is 35.4 Å². The summed E-state index contributed by atoms with van der Waals surface area (Å²) in [6, 6.07) is 16.4. The van der Waals surface area contributed by atoms with Crippen molar-refractivity contribution in [2.75, 3.05) is 25.5 Å². The topological polar surface area (TPSA) is 32.2 Å². The fourth-order valence-electron chi connectivity index (χ4n) is 5.56. The van der Waals surface area contributed by atoms with Gasteiger partial charge in [0.2, 0.25) is 0 Å². The quantitative estimate of drug-likeness (QED) is 0.407. The third-order valence-electron chi connectivity index (χ3n) is 7.56. The van der Waals surface area contributed by atoms with Crippen LogP contribution >= 0.6 is 0 Å². The van der Waals surface area contributed by atoms with Gasteiger partial charge in [0.15, 0.2) is 0 Å². The molecule has 3 aromatic rings. The van der Waals surface area contributed by atoms with Crippen LogP contribution in [0.4, 0.5) is 18.9 Å². The second-order valence-corrected chi connectivity index (χ2v) is 10.3. The van der Waals surface area contributed by atoms with Crippen LogP contribution in [-0.4, -0.2) is 47.9 Å². The number of benzene rings is 2. The molecule has 2 fully saturated rings. The van der Waals surface area contributed by atoms with Gasteiger partial charge in [-0.2, -0.15) is 13.2 Å². The maximum Gasteiger partial charge on any atom is 0.406 e. The fraction of sp³-hybridized carbons (Fsp3) is 0.500. The van der Waals surface area contributed by atoms with Crippen molar-refractivity contribution in [3.63, 3.8) is 0 Å². The predicted molar refractivity (Wildman–Crippen MR) is 137 cm³/mol. The summed E-state index contributed by atoms with van der Waals surface area (Å²) >= 11 is 0. The summed E-state index contributed by atoms with van der Waals surface area (Å²) in [5.41, 5.74) is 4.09. The molecule has 0 unspecified atom stereocenters. The minimum Gasteiger partial charge on any atom is -0.382 e. The number of halogens is 3. The first-order chi connectivity index (χ1) is 16.9. The van der Waals surface area contributed by atoms with Gasteiger partial charge in [-0.25, -0.2) is 0 Å². The van der Waals surface area contributed by atoms with E-state index in [4.69, 9.17) is 0 Å². The molecule has 1 aliphatic heterocycles. The normalized spacial score (nSPS) is 18.5. The van der Waals surface area contributed by atoms with Crippen molar-refractivity contribution < 1.29 is 13.2 Å². The van der Waals surface area contributed by atoms with E-state index in [1.165, 1.54) is 30.3 Å².